The molecule has 0 N–H and O–H groups in total. The van der Waals surface area contributed by atoms with E-state index >= 15 is 0 Å². The van der Waals surface area contributed by atoms with Crippen LogP contribution in [0.15, 0.2) is 267 Å². The van der Waals surface area contributed by atoms with Crippen LogP contribution in [0.5, 0.6) is 0 Å². The summed E-state index contributed by atoms with van der Waals surface area (Å²) >= 11 is 11.6. The van der Waals surface area contributed by atoms with Crippen molar-refractivity contribution >= 4 is 150 Å². The lowest BCUT2D eigenvalue weighted by Gasteiger charge is -2.32. The number of rotatable bonds is 11. The largest absolute Gasteiger partial charge is 0.456 e. The lowest BCUT2D eigenvalue weighted by atomic mass is 9.87. The van der Waals surface area contributed by atoms with Gasteiger partial charge < -0.3 is 23.5 Å². The quantitative estimate of drug-likeness (QED) is 0.128. The van der Waals surface area contributed by atoms with Crippen molar-refractivity contribution in [2.24, 2.45) is 0 Å². The summed E-state index contributed by atoms with van der Waals surface area (Å²) in [5, 5.41) is 7.39. The molecule has 3 heterocycles. The Balaban J connectivity index is 0.993. The average Bonchev–Trinajstić information content (AvgIpc) is 4.32. The molecule has 14 aromatic rings. The van der Waals surface area contributed by atoms with Gasteiger partial charge in [-0.1, -0.05) is 159 Å². The molecule has 0 spiro atoms. The molecule has 0 saturated carbocycles. The highest BCUT2D eigenvalue weighted by molar-refractivity contribution is 7.99. The van der Waals surface area contributed by atoms with E-state index in [0.29, 0.717) is 5.02 Å². The molecule has 5 nitrogen and oxygen atoms in total. The predicted molar refractivity (Wildman–Crippen MR) is 332 cm³/mol. The van der Waals surface area contributed by atoms with E-state index in [2.05, 4.69) is 260 Å². The molecule has 0 fully saturated rings. The van der Waals surface area contributed by atoms with Crippen LogP contribution in [0.1, 0.15) is 26.3 Å². The maximum absolute atomic E-state index is 8.08. The second-order valence-electron chi connectivity index (χ2n) is 20.7. The first-order chi connectivity index (χ1) is 38.2. The minimum atomic E-state index is -0.0602. The van der Waals surface area contributed by atoms with Gasteiger partial charge in [-0.25, -0.2) is 0 Å². The van der Waals surface area contributed by atoms with Gasteiger partial charge >= 0.3 is 0 Å². The molecule has 376 valence electrons. The number of halogens is 1. The molecule has 0 unspecified atom stereocenters. The van der Waals surface area contributed by atoms with Crippen LogP contribution >= 0.6 is 34.7 Å². The van der Waals surface area contributed by atoms with Crippen LogP contribution in [-0.4, -0.2) is 0 Å². The maximum Gasteiger partial charge on any atom is 0.135 e. The molecule has 0 atom stereocenters. The zero-order valence-corrected chi connectivity index (χ0v) is 45.4. The third-order valence-electron chi connectivity index (χ3n) is 14.7. The van der Waals surface area contributed by atoms with E-state index in [1.54, 1.807) is 11.8 Å². The molecule has 0 aliphatic carbocycles. The summed E-state index contributed by atoms with van der Waals surface area (Å²) in [7, 11) is 0. The van der Waals surface area contributed by atoms with E-state index < -0.39 is 0 Å². The molecule has 0 saturated heterocycles. The van der Waals surface area contributed by atoms with Gasteiger partial charge in [0.2, 0.25) is 0 Å². The fourth-order valence-corrected chi connectivity index (χ4v) is 13.4. The second kappa shape index (κ2) is 19.4. The Kier molecular flexibility index (Phi) is 11.9. The number of furan rings is 2. The highest BCUT2D eigenvalue weighted by atomic mass is 35.5. The van der Waals surface area contributed by atoms with Crippen molar-refractivity contribution in [2.75, 3.05) is 14.7 Å². The van der Waals surface area contributed by atoms with Gasteiger partial charge in [-0.3, -0.25) is 0 Å². The van der Waals surface area contributed by atoms with Crippen molar-refractivity contribution in [3.05, 3.63) is 259 Å². The Bertz CT molecular complexity index is 4410. The third-order valence-corrected chi connectivity index (χ3v) is 17.4. The Morgan fingerprint density at radius 2 is 0.833 bits per heavy atom. The molecule has 0 radical (unpaired) electrons. The molecule has 11 aromatic carbocycles. The number of hydrogen-bond donors (Lipinski definition) is 0. The summed E-state index contributed by atoms with van der Waals surface area (Å²) in [6.07, 6.45) is 0. The van der Waals surface area contributed by atoms with Gasteiger partial charge in [-0.2, -0.15) is 0 Å². The SMILES string of the molecule is CC(C)(C)c1ccc(N(c2cccc(N(c3ccc4oc5ccccc5c4c3)c3ccc4oc5ccccc5c4c3)c2)c2cc(N(c3ccccc3)c3ccccc3)cc(Sc3ccc4c(c3)sc3ccccc34)c2Cl)cc1. The van der Waals surface area contributed by atoms with Crippen molar-refractivity contribution in [3.63, 3.8) is 0 Å². The fourth-order valence-electron chi connectivity index (χ4n) is 10.9. The van der Waals surface area contributed by atoms with E-state index in [0.717, 1.165) is 105 Å². The minimum Gasteiger partial charge on any atom is -0.456 e. The minimum absolute atomic E-state index is 0.0602. The molecule has 8 heteroatoms. The number of hydrogen-bond acceptors (Lipinski definition) is 7. The zero-order chi connectivity index (χ0) is 52.5. The van der Waals surface area contributed by atoms with E-state index in [1.807, 2.05) is 35.6 Å². The maximum atomic E-state index is 8.08. The van der Waals surface area contributed by atoms with Gasteiger partial charge in [0.05, 0.1) is 10.7 Å². The molecule has 0 aliphatic rings. The molecule has 0 amide bonds. The number of nitrogens with zero attached hydrogens (tertiary/aromatic N) is 3. The lowest BCUT2D eigenvalue weighted by molar-refractivity contribution is 0.590. The van der Waals surface area contributed by atoms with E-state index in [-0.39, 0.29) is 5.41 Å². The number of anilines is 9. The molecule has 3 aromatic heterocycles. The van der Waals surface area contributed by atoms with Crippen LogP contribution in [0.2, 0.25) is 5.02 Å². The molecular formula is C70H50ClN3O2S2. The first kappa shape index (κ1) is 47.7. The zero-order valence-electron chi connectivity index (χ0n) is 43.0. The Hall–Kier alpha value is -8.72. The van der Waals surface area contributed by atoms with Gasteiger partial charge in [0, 0.05) is 97.0 Å². The van der Waals surface area contributed by atoms with E-state index in [1.165, 1.54) is 25.7 Å². The van der Waals surface area contributed by atoms with E-state index in [4.69, 9.17) is 20.4 Å². The molecule has 78 heavy (non-hydrogen) atoms. The number of thiophene rings is 1. The lowest BCUT2D eigenvalue weighted by Crippen LogP contribution is -2.16. The van der Waals surface area contributed by atoms with Gasteiger partial charge in [-0.05, 0) is 144 Å². The van der Waals surface area contributed by atoms with Crippen LogP contribution in [0.3, 0.4) is 0 Å². The Labute approximate surface area is 465 Å². The fraction of sp³-hybridized carbons (Fsp3) is 0.0571. The summed E-state index contributed by atoms with van der Waals surface area (Å²) in [6.45, 7) is 6.77. The first-order valence-electron chi connectivity index (χ1n) is 26.1. The standard InChI is InChI=1S/C70H50ClN3O2S2/c1-70(2,3)45-29-31-48(32-30-45)74(50-22-16-21-49(39-50)73(51-33-37-64-59(40-51)55-23-10-13-26-62(55)75-64)52-34-38-65-60(41-52)56-24-11-14-27-63(56)76-65)61-42-53(72(46-17-6-4-7-18-46)47-19-8-5-9-20-47)43-68(69(61)71)77-54-35-36-58-57-25-12-15-28-66(57)78-67(58)44-54/h4-44H,1-3H3. The van der Waals surface area contributed by atoms with Gasteiger partial charge in [0.1, 0.15) is 22.3 Å². The van der Waals surface area contributed by atoms with Crippen molar-refractivity contribution in [1.29, 1.82) is 0 Å². The van der Waals surface area contributed by atoms with Gasteiger partial charge in [0.25, 0.3) is 0 Å². The monoisotopic (exact) mass is 1060 g/mol. The Morgan fingerprint density at radius 1 is 0.359 bits per heavy atom. The highest BCUT2D eigenvalue weighted by Crippen LogP contribution is 2.51. The van der Waals surface area contributed by atoms with Crippen LogP contribution in [0, 0.1) is 0 Å². The average molecular weight is 1060 g/mol. The van der Waals surface area contributed by atoms with Crippen molar-refractivity contribution in [1.82, 2.24) is 0 Å². The third kappa shape index (κ3) is 8.61. The summed E-state index contributed by atoms with van der Waals surface area (Å²) in [6, 6.07) is 88.4. The normalized spacial score (nSPS) is 11.9. The molecule has 0 aliphatic heterocycles. The molecule has 14 rings (SSSR count). The summed E-state index contributed by atoms with van der Waals surface area (Å²) in [4.78, 5) is 9.02. The molecular weight excluding hydrogens is 1010 g/mol. The van der Waals surface area contributed by atoms with Crippen molar-refractivity contribution in [3.8, 4) is 0 Å². The van der Waals surface area contributed by atoms with Gasteiger partial charge in [0.15, 0.2) is 0 Å². The smallest absolute Gasteiger partial charge is 0.135 e. The first-order valence-corrected chi connectivity index (χ1v) is 28.2. The summed E-state index contributed by atoms with van der Waals surface area (Å²) in [5.74, 6) is 0. The van der Waals surface area contributed by atoms with Crippen LogP contribution in [0.25, 0.3) is 64.0 Å². The molecule has 0 bridgehead atoms. The van der Waals surface area contributed by atoms with Gasteiger partial charge in [-0.15, -0.1) is 11.3 Å². The van der Waals surface area contributed by atoms with E-state index in [9.17, 15) is 0 Å². The summed E-state index contributed by atoms with van der Waals surface area (Å²) in [5.41, 5.74) is 13.2. The van der Waals surface area contributed by atoms with Crippen molar-refractivity contribution in [2.45, 2.75) is 36.0 Å². The van der Waals surface area contributed by atoms with Crippen LogP contribution < -0.4 is 14.7 Å². The summed E-state index contributed by atoms with van der Waals surface area (Å²) < 4.78 is 15.3. The van der Waals surface area contributed by atoms with Crippen LogP contribution in [-0.2, 0) is 5.41 Å². The number of fused-ring (bicyclic) bond motifs is 9. The Morgan fingerprint density at radius 3 is 1.45 bits per heavy atom. The predicted octanol–water partition coefficient (Wildman–Crippen LogP) is 22.4. The highest BCUT2D eigenvalue weighted by Gasteiger charge is 2.26. The number of para-hydroxylation sites is 4. The van der Waals surface area contributed by atoms with Crippen LogP contribution in [0.4, 0.5) is 51.2 Å². The second-order valence-corrected chi connectivity index (χ2v) is 23.3. The van der Waals surface area contributed by atoms with Crippen molar-refractivity contribution < 1.29 is 8.83 Å². The topological polar surface area (TPSA) is 36.0 Å². The number of benzene rings is 11.